The van der Waals surface area contributed by atoms with Crippen LogP contribution in [0.5, 0.6) is 5.75 Å². The first-order valence-corrected chi connectivity index (χ1v) is 10.3. The Morgan fingerprint density at radius 2 is 1.92 bits per heavy atom. The summed E-state index contributed by atoms with van der Waals surface area (Å²) in [4.78, 5) is 13.3. The second kappa shape index (κ2) is 8.98. The van der Waals surface area contributed by atoms with Crippen LogP contribution in [0, 0.1) is 0 Å². The molecule has 0 aliphatic rings. The molecule has 136 valence electrons. The topological polar surface area (TPSA) is 75.7 Å². The third-order valence-electron chi connectivity index (χ3n) is 3.49. The van der Waals surface area contributed by atoms with E-state index < -0.39 is 10.0 Å². The molecule has 0 aliphatic heterocycles. The van der Waals surface area contributed by atoms with Gasteiger partial charge in [0.2, 0.25) is 15.9 Å². The normalized spacial score (nSPS) is 11.5. The molecule has 0 saturated heterocycles. The number of carbonyl (C=O) groups excluding carboxylic acids is 1. The summed E-state index contributed by atoms with van der Waals surface area (Å²) in [6.07, 6.45) is 0. The van der Waals surface area contributed by atoms with Gasteiger partial charge in [-0.3, -0.25) is 4.79 Å². The molecule has 2 aromatic rings. The number of rotatable bonds is 9. The molecular formula is C17H22N2O4S2. The summed E-state index contributed by atoms with van der Waals surface area (Å²) in [5.74, 6) is 0.281. The Morgan fingerprint density at radius 3 is 2.48 bits per heavy atom. The van der Waals surface area contributed by atoms with Gasteiger partial charge in [0.05, 0.1) is 24.6 Å². The van der Waals surface area contributed by atoms with Gasteiger partial charge in [0, 0.05) is 11.4 Å². The van der Waals surface area contributed by atoms with E-state index in [-0.39, 0.29) is 23.9 Å². The molecule has 0 radical (unpaired) electrons. The van der Waals surface area contributed by atoms with E-state index >= 15 is 0 Å². The predicted octanol–water partition coefficient (Wildman–Crippen LogP) is 2.47. The third kappa shape index (κ3) is 5.29. The minimum absolute atomic E-state index is 0.142. The van der Waals surface area contributed by atoms with Crippen LogP contribution in [0.25, 0.3) is 0 Å². The Bertz CT molecular complexity index is 771. The zero-order valence-electron chi connectivity index (χ0n) is 14.3. The molecule has 0 bridgehead atoms. The number of carbonyl (C=O) groups is 1. The van der Waals surface area contributed by atoms with E-state index in [1.807, 2.05) is 24.4 Å². The van der Waals surface area contributed by atoms with Gasteiger partial charge in [-0.15, -0.1) is 11.3 Å². The van der Waals surface area contributed by atoms with Crippen molar-refractivity contribution in [2.45, 2.75) is 25.3 Å². The summed E-state index contributed by atoms with van der Waals surface area (Å²) in [5.41, 5.74) is 0. The first-order chi connectivity index (χ1) is 12.0. The minimum atomic E-state index is -3.73. The number of amides is 1. The number of hydrogen-bond donors (Lipinski definition) is 1. The average molecular weight is 383 g/mol. The average Bonchev–Trinajstić information content (AvgIpc) is 3.12. The van der Waals surface area contributed by atoms with E-state index in [1.165, 1.54) is 23.5 Å². The number of ether oxygens (including phenoxy) is 1. The molecule has 8 heteroatoms. The Kier molecular flexibility index (Phi) is 6.98. The number of likely N-dealkylation sites (N-methyl/N-ethyl adjacent to an activating group) is 1. The molecule has 1 heterocycles. The standard InChI is InChI=1S/C17H22N2O4S2/c1-3-19(13-17(20)18-12-15-6-5-11-24-15)25(21,22)16-9-7-14(8-10-16)23-4-2/h5-11H,3-4,12-13H2,1-2H3,(H,18,20). The SMILES string of the molecule is CCOc1ccc(S(=O)(=O)N(CC)CC(=O)NCc2cccs2)cc1. The lowest BCUT2D eigenvalue weighted by molar-refractivity contribution is -0.121. The summed E-state index contributed by atoms with van der Waals surface area (Å²) >= 11 is 1.54. The number of nitrogens with one attached hydrogen (secondary N) is 1. The van der Waals surface area contributed by atoms with Crippen molar-refractivity contribution in [3.05, 3.63) is 46.7 Å². The first kappa shape index (κ1) is 19.4. The van der Waals surface area contributed by atoms with Gasteiger partial charge in [-0.2, -0.15) is 4.31 Å². The summed E-state index contributed by atoms with van der Waals surface area (Å²) in [5, 5.41) is 4.67. The van der Waals surface area contributed by atoms with E-state index in [4.69, 9.17) is 4.74 Å². The van der Waals surface area contributed by atoms with Crippen LogP contribution in [0.1, 0.15) is 18.7 Å². The molecule has 0 spiro atoms. The molecule has 6 nitrogen and oxygen atoms in total. The van der Waals surface area contributed by atoms with E-state index in [1.54, 1.807) is 19.1 Å². The van der Waals surface area contributed by atoms with Gasteiger partial charge in [-0.1, -0.05) is 13.0 Å². The van der Waals surface area contributed by atoms with Crippen LogP contribution in [0.4, 0.5) is 0 Å². The predicted molar refractivity (Wildman–Crippen MR) is 98.2 cm³/mol. The van der Waals surface area contributed by atoms with Crippen LogP contribution in [-0.2, 0) is 21.4 Å². The lowest BCUT2D eigenvalue weighted by Crippen LogP contribution is -2.40. The van der Waals surface area contributed by atoms with Crippen LogP contribution in [0.2, 0.25) is 0 Å². The van der Waals surface area contributed by atoms with Crippen LogP contribution >= 0.6 is 11.3 Å². The van der Waals surface area contributed by atoms with E-state index in [2.05, 4.69) is 5.32 Å². The molecule has 1 N–H and O–H groups in total. The van der Waals surface area contributed by atoms with Gasteiger partial charge in [0.1, 0.15) is 5.75 Å². The van der Waals surface area contributed by atoms with Crippen molar-refractivity contribution in [3.63, 3.8) is 0 Å². The van der Waals surface area contributed by atoms with Crippen molar-refractivity contribution < 1.29 is 17.9 Å². The van der Waals surface area contributed by atoms with Gasteiger partial charge in [-0.25, -0.2) is 8.42 Å². The second-order valence-electron chi connectivity index (χ2n) is 5.19. The first-order valence-electron chi connectivity index (χ1n) is 7.99. The molecule has 25 heavy (non-hydrogen) atoms. The quantitative estimate of drug-likeness (QED) is 0.723. The highest BCUT2D eigenvalue weighted by Crippen LogP contribution is 2.19. The van der Waals surface area contributed by atoms with Gasteiger partial charge >= 0.3 is 0 Å². The largest absolute Gasteiger partial charge is 0.494 e. The van der Waals surface area contributed by atoms with E-state index in [0.29, 0.717) is 18.9 Å². The highest BCUT2D eigenvalue weighted by Gasteiger charge is 2.25. The Labute approximate surface area is 152 Å². The Balaban J connectivity index is 2.02. The maximum atomic E-state index is 12.7. The van der Waals surface area contributed by atoms with Crippen LogP contribution in [-0.4, -0.2) is 38.3 Å². The van der Waals surface area contributed by atoms with Crippen molar-refractivity contribution in [2.75, 3.05) is 19.7 Å². The fraction of sp³-hybridized carbons (Fsp3) is 0.353. The third-order valence-corrected chi connectivity index (χ3v) is 6.30. The maximum Gasteiger partial charge on any atom is 0.243 e. The molecule has 1 aromatic heterocycles. The summed E-state index contributed by atoms with van der Waals surface area (Å²) in [6, 6.07) is 10.0. The number of hydrogen-bond acceptors (Lipinski definition) is 5. The Morgan fingerprint density at radius 1 is 1.20 bits per heavy atom. The molecule has 1 amide bonds. The number of sulfonamides is 1. The van der Waals surface area contributed by atoms with Crippen molar-refractivity contribution in [3.8, 4) is 5.75 Å². The smallest absolute Gasteiger partial charge is 0.243 e. The molecule has 1 aromatic carbocycles. The number of nitrogens with zero attached hydrogens (tertiary/aromatic N) is 1. The lowest BCUT2D eigenvalue weighted by Gasteiger charge is -2.20. The van der Waals surface area contributed by atoms with Crippen molar-refractivity contribution in [1.29, 1.82) is 0 Å². The number of thiophene rings is 1. The van der Waals surface area contributed by atoms with E-state index in [0.717, 1.165) is 9.18 Å². The minimum Gasteiger partial charge on any atom is -0.494 e. The summed E-state index contributed by atoms with van der Waals surface area (Å²) < 4.78 is 31.9. The van der Waals surface area contributed by atoms with Crippen molar-refractivity contribution in [1.82, 2.24) is 9.62 Å². The molecule has 0 saturated carbocycles. The fourth-order valence-electron chi connectivity index (χ4n) is 2.21. The molecule has 0 unspecified atom stereocenters. The van der Waals surface area contributed by atoms with Crippen molar-refractivity contribution >= 4 is 27.3 Å². The fourth-order valence-corrected chi connectivity index (χ4v) is 4.26. The van der Waals surface area contributed by atoms with E-state index in [9.17, 15) is 13.2 Å². The molecule has 0 aliphatic carbocycles. The van der Waals surface area contributed by atoms with Crippen LogP contribution in [0.15, 0.2) is 46.7 Å². The van der Waals surface area contributed by atoms with Crippen molar-refractivity contribution in [2.24, 2.45) is 0 Å². The zero-order valence-corrected chi connectivity index (χ0v) is 15.9. The monoisotopic (exact) mass is 382 g/mol. The zero-order chi connectivity index (χ0) is 18.3. The summed E-state index contributed by atoms with van der Waals surface area (Å²) in [7, 11) is -3.73. The van der Waals surface area contributed by atoms with Gasteiger partial charge in [-0.05, 0) is 42.6 Å². The molecule has 0 fully saturated rings. The van der Waals surface area contributed by atoms with Crippen LogP contribution in [0.3, 0.4) is 0 Å². The summed E-state index contributed by atoms with van der Waals surface area (Å²) in [6.45, 7) is 4.48. The molecule has 2 rings (SSSR count). The van der Waals surface area contributed by atoms with Gasteiger partial charge in [0.15, 0.2) is 0 Å². The maximum absolute atomic E-state index is 12.7. The number of benzene rings is 1. The van der Waals surface area contributed by atoms with Gasteiger partial charge < -0.3 is 10.1 Å². The lowest BCUT2D eigenvalue weighted by atomic mass is 10.3. The van der Waals surface area contributed by atoms with Gasteiger partial charge in [0.25, 0.3) is 0 Å². The highest BCUT2D eigenvalue weighted by molar-refractivity contribution is 7.89. The molecule has 0 atom stereocenters. The molecular weight excluding hydrogens is 360 g/mol. The second-order valence-corrected chi connectivity index (χ2v) is 8.16. The highest BCUT2D eigenvalue weighted by atomic mass is 32.2. The Hall–Kier alpha value is -1.90. The van der Waals surface area contributed by atoms with Crippen LogP contribution < -0.4 is 10.1 Å².